The van der Waals surface area contributed by atoms with E-state index in [1.807, 2.05) is 31.2 Å². The summed E-state index contributed by atoms with van der Waals surface area (Å²) in [5.74, 6) is -1.53. The zero-order chi connectivity index (χ0) is 31.2. The predicted octanol–water partition coefficient (Wildman–Crippen LogP) is -0.0192. The number of aromatic hydroxyl groups is 1. The minimum absolute atomic E-state index is 0.00380. The molecule has 4 atom stereocenters. The number of nitrogens with two attached hydrogens (primary N) is 1. The van der Waals surface area contributed by atoms with Gasteiger partial charge in [0.25, 0.3) is 11.9 Å². The van der Waals surface area contributed by atoms with Crippen LogP contribution in [-0.2, 0) is 19.2 Å². The maximum absolute atomic E-state index is 12.4. The van der Waals surface area contributed by atoms with Crippen molar-refractivity contribution in [3.05, 3.63) is 72.2 Å². The molecule has 1 fully saturated rings. The van der Waals surface area contributed by atoms with Gasteiger partial charge < -0.3 is 25.8 Å². The van der Waals surface area contributed by atoms with E-state index < -0.39 is 53.1 Å². The number of phenols is 1. The van der Waals surface area contributed by atoms with Crippen LogP contribution in [0, 0.1) is 6.92 Å². The molecule has 6 N–H and O–H groups in total. The van der Waals surface area contributed by atoms with E-state index in [2.05, 4.69) is 25.3 Å². The number of nitrogens with zero attached hydrogens (tertiary/aromatic N) is 7. The van der Waals surface area contributed by atoms with E-state index in [0.29, 0.717) is 5.69 Å². The fraction of sp³-hybridized carbons (Fsp3) is 0.231. The van der Waals surface area contributed by atoms with Gasteiger partial charge in [-0.2, -0.15) is 23.1 Å². The molecule has 3 aromatic heterocycles. The molecule has 5 aromatic rings. The molecule has 17 nitrogen and oxygen atoms in total. The third kappa shape index (κ3) is 5.42. The summed E-state index contributed by atoms with van der Waals surface area (Å²) in [6, 6.07) is 12.9. The van der Waals surface area contributed by atoms with Crippen LogP contribution in [0.4, 0.5) is 5.82 Å². The number of nitrogen functional groups attached to an aromatic ring is 1. The molecule has 44 heavy (non-hydrogen) atoms. The van der Waals surface area contributed by atoms with Crippen LogP contribution in [0.25, 0.3) is 28.4 Å². The Hall–Kier alpha value is -5.01. The second-order valence-corrected chi connectivity index (χ2v) is 11.2. The van der Waals surface area contributed by atoms with Crippen molar-refractivity contribution < 1.29 is 37.5 Å². The molecule has 0 saturated carbocycles. The fourth-order valence-electron chi connectivity index (χ4n) is 4.68. The molecule has 1 saturated heterocycles. The van der Waals surface area contributed by atoms with Crippen LogP contribution in [-0.4, -0.2) is 89.1 Å². The largest absolute Gasteiger partial charge is 0.507 e. The Morgan fingerprint density at radius 3 is 2.64 bits per heavy atom. The normalized spacial score (nSPS) is 20.2. The number of aliphatic hydroxyl groups excluding tert-OH is 2. The lowest BCUT2D eigenvalue weighted by Crippen LogP contribution is -2.37. The summed E-state index contributed by atoms with van der Waals surface area (Å²) in [6.45, 7) is 1.17. The topological polar surface area (TPSA) is 243 Å². The van der Waals surface area contributed by atoms with Gasteiger partial charge in [0.05, 0.1) is 24.7 Å². The van der Waals surface area contributed by atoms with Gasteiger partial charge >= 0.3 is 10.3 Å². The lowest BCUT2D eigenvalue weighted by atomic mass is 10.1. The number of para-hydroxylation sites is 1. The van der Waals surface area contributed by atoms with Crippen molar-refractivity contribution in [3.63, 3.8) is 0 Å². The molecule has 4 heterocycles. The number of phenolic OH excluding ortho intramolecular Hbond substituents is 1. The first-order chi connectivity index (χ1) is 21.0. The van der Waals surface area contributed by atoms with Crippen molar-refractivity contribution in [3.8, 4) is 23.0 Å². The van der Waals surface area contributed by atoms with Crippen LogP contribution in [0.5, 0.6) is 5.75 Å². The van der Waals surface area contributed by atoms with E-state index in [1.54, 1.807) is 10.9 Å². The molecule has 1 amide bonds. The number of nitrogens with one attached hydrogen (secondary N) is 1. The highest BCUT2D eigenvalue weighted by Crippen LogP contribution is 2.33. The summed E-state index contributed by atoms with van der Waals surface area (Å²) in [4.78, 5) is 25.2. The second kappa shape index (κ2) is 11.2. The standard InChI is InChI=1S/C26H25N9O8S/c1-13-6-2-3-7-14(13)16-10-35(33-31-16)26-29-22(27)19-23(30-26)34(12-28-19)25-21(38)20(37)18(43-25)11-42-44(40,41)32-24(39)15-8-4-5-9-17(15)36/h2-10,12,18,20-21,25,36-38H,11H2,1H3,(H,32,39)(H2,27,29,30)/t18-,20-,21-,25-/m0/s1. The zero-order valence-electron chi connectivity index (χ0n) is 22.8. The minimum atomic E-state index is -4.70. The predicted molar refractivity (Wildman–Crippen MR) is 151 cm³/mol. The van der Waals surface area contributed by atoms with Crippen molar-refractivity contribution in [2.75, 3.05) is 12.3 Å². The number of aryl methyl sites for hydroxylation is 1. The lowest BCUT2D eigenvalue weighted by Gasteiger charge is -2.16. The Kier molecular flexibility index (Phi) is 7.43. The van der Waals surface area contributed by atoms with E-state index in [4.69, 9.17) is 14.7 Å². The minimum Gasteiger partial charge on any atom is -0.507 e. The highest BCUT2D eigenvalue weighted by molar-refractivity contribution is 7.85. The summed E-state index contributed by atoms with van der Waals surface area (Å²) in [7, 11) is -4.70. The molecule has 0 bridgehead atoms. The second-order valence-electron chi connectivity index (χ2n) is 9.83. The zero-order valence-corrected chi connectivity index (χ0v) is 23.6. The van der Waals surface area contributed by atoms with Gasteiger partial charge in [-0.15, -0.1) is 5.10 Å². The first-order valence-corrected chi connectivity index (χ1v) is 14.4. The van der Waals surface area contributed by atoms with Gasteiger partial charge in [-0.1, -0.05) is 41.6 Å². The van der Waals surface area contributed by atoms with Crippen molar-refractivity contribution in [1.82, 2.24) is 39.2 Å². The summed E-state index contributed by atoms with van der Waals surface area (Å²) in [6.07, 6.45) is -2.92. The average molecular weight is 624 g/mol. The van der Waals surface area contributed by atoms with Gasteiger partial charge in [-0.3, -0.25) is 13.5 Å². The summed E-state index contributed by atoms with van der Waals surface area (Å²) in [5, 5.41) is 39.5. The van der Waals surface area contributed by atoms with Crippen LogP contribution in [0.2, 0.25) is 0 Å². The molecule has 6 rings (SSSR count). The van der Waals surface area contributed by atoms with Crippen LogP contribution in [0.15, 0.2) is 61.1 Å². The highest BCUT2D eigenvalue weighted by atomic mass is 32.2. The van der Waals surface area contributed by atoms with Gasteiger partial charge in [-0.05, 0) is 24.6 Å². The van der Waals surface area contributed by atoms with Gasteiger partial charge in [0.15, 0.2) is 17.7 Å². The molecule has 228 valence electrons. The van der Waals surface area contributed by atoms with Crippen LogP contribution >= 0.6 is 0 Å². The molecule has 2 aromatic carbocycles. The number of hydrogen-bond acceptors (Lipinski definition) is 14. The van der Waals surface area contributed by atoms with Crippen LogP contribution in [0.3, 0.4) is 0 Å². The lowest BCUT2D eigenvalue weighted by molar-refractivity contribution is -0.0468. The van der Waals surface area contributed by atoms with E-state index in [1.165, 1.54) is 39.8 Å². The Balaban J connectivity index is 1.20. The number of anilines is 1. The Morgan fingerprint density at radius 2 is 1.86 bits per heavy atom. The summed E-state index contributed by atoms with van der Waals surface area (Å²) in [5.41, 5.74) is 8.58. The molecular weight excluding hydrogens is 598 g/mol. The molecule has 0 radical (unpaired) electrons. The third-order valence-electron chi connectivity index (χ3n) is 6.92. The average Bonchev–Trinajstić information content (AvgIpc) is 3.71. The monoisotopic (exact) mass is 623 g/mol. The van der Waals surface area contributed by atoms with E-state index in [-0.39, 0.29) is 28.5 Å². The molecule has 1 aliphatic rings. The summed E-state index contributed by atoms with van der Waals surface area (Å²) < 4.78 is 39.6. The number of rotatable bonds is 8. The first kappa shape index (κ1) is 29.1. The van der Waals surface area contributed by atoms with Crippen LogP contribution < -0.4 is 10.5 Å². The number of hydrogen-bond donors (Lipinski definition) is 5. The number of benzene rings is 2. The number of aliphatic hydroxyl groups is 2. The van der Waals surface area contributed by atoms with E-state index in [9.17, 15) is 28.5 Å². The Labute approximate surface area is 248 Å². The van der Waals surface area contributed by atoms with Crippen molar-refractivity contribution >= 4 is 33.2 Å². The van der Waals surface area contributed by atoms with Crippen molar-refractivity contribution in [2.24, 2.45) is 0 Å². The van der Waals surface area contributed by atoms with Crippen LogP contribution in [0.1, 0.15) is 22.1 Å². The quantitative estimate of drug-likeness (QED) is 0.153. The number of imidazole rings is 1. The number of carbonyl (C=O) groups excluding carboxylic acids is 1. The molecule has 0 spiro atoms. The summed E-state index contributed by atoms with van der Waals surface area (Å²) >= 11 is 0. The Morgan fingerprint density at radius 1 is 1.11 bits per heavy atom. The number of aromatic nitrogens is 7. The maximum Gasteiger partial charge on any atom is 0.362 e. The van der Waals surface area contributed by atoms with E-state index >= 15 is 0 Å². The number of ether oxygens (including phenoxy) is 1. The van der Waals surface area contributed by atoms with Crippen molar-refractivity contribution in [2.45, 2.75) is 31.5 Å². The van der Waals surface area contributed by atoms with Gasteiger partial charge in [0.2, 0.25) is 0 Å². The number of carbonyl (C=O) groups is 1. The molecule has 18 heteroatoms. The maximum atomic E-state index is 12.4. The highest BCUT2D eigenvalue weighted by Gasteiger charge is 2.45. The molecule has 1 aliphatic heterocycles. The third-order valence-corrected chi connectivity index (χ3v) is 7.80. The molecule has 0 aliphatic carbocycles. The van der Waals surface area contributed by atoms with Gasteiger partial charge in [-0.25, -0.2) is 9.71 Å². The number of fused-ring (bicyclic) bond motifs is 1. The molecular formula is C26H25N9O8S. The molecule has 0 unspecified atom stereocenters. The SMILES string of the molecule is Cc1ccccc1-c1cn(-c2nc(N)c3ncn([C@H]4O[C@@H](COS(=O)(=O)NC(=O)c5ccccc5O)[C@H](O)[C@@H]4O)c3n2)nn1. The van der Waals surface area contributed by atoms with Gasteiger partial charge in [0.1, 0.15) is 35.3 Å². The Bertz CT molecular complexity index is 1980. The fourth-order valence-corrected chi connectivity index (χ4v) is 5.39. The van der Waals surface area contributed by atoms with E-state index in [0.717, 1.165) is 11.1 Å². The van der Waals surface area contributed by atoms with Crippen molar-refractivity contribution in [1.29, 1.82) is 0 Å². The number of amides is 1. The smallest absolute Gasteiger partial charge is 0.362 e. The van der Waals surface area contributed by atoms with Gasteiger partial charge in [0, 0.05) is 5.56 Å². The first-order valence-electron chi connectivity index (χ1n) is 13.0.